The number of anilines is 1. The fourth-order valence-electron chi connectivity index (χ4n) is 2.91. The Morgan fingerprint density at radius 2 is 1.86 bits per heavy atom. The number of ether oxygens (including phenoxy) is 1. The van der Waals surface area contributed by atoms with Crippen molar-refractivity contribution in [3.05, 3.63) is 54.1 Å². The van der Waals surface area contributed by atoms with Gasteiger partial charge in [0, 0.05) is 31.2 Å². The zero-order valence-corrected chi connectivity index (χ0v) is 15.7. The van der Waals surface area contributed by atoms with Crippen LogP contribution in [0.5, 0.6) is 5.75 Å². The summed E-state index contributed by atoms with van der Waals surface area (Å²) in [5.41, 5.74) is 0. The van der Waals surface area contributed by atoms with E-state index in [1.807, 2.05) is 12.1 Å². The molecule has 0 saturated carbocycles. The first kappa shape index (κ1) is 18.2. The van der Waals surface area contributed by atoms with E-state index in [1.165, 1.54) is 6.33 Å². The van der Waals surface area contributed by atoms with Crippen molar-refractivity contribution in [2.45, 2.75) is 0 Å². The summed E-state index contributed by atoms with van der Waals surface area (Å²) in [6.07, 6.45) is 3.02. The number of amides is 1. The number of carbonyl (C=O) groups is 1. The van der Waals surface area contributed by atoms with Gasteiger partial charge in [0.1, 0.15) is 18.4 Å². The molecule has 0 spiro atoms. The van der Waals surface area contributed by atoms with E-state index in [0.717, 1.165) is 5.82 Å². The molecule has 10 heteroatoms. The molecule has 144 valence electrons. The van der Waals surface area contributed by atoms with Gasteiger partial charge >= 0.3 is 0 Å². The number of halogens is 1. The van der Waals surface area contributed by atoms with Crippen LogP contribution in [0.1, 0.15) is 0 Å². The lowest BCUT2D eigenvalue weighted by atomic mass is 10.3. The molecule has 1 aliphatic heterocycles. The lowest BCUT2D eigenvalue weighted by Crippen LogP contribution is -2.50. The molecule has 4 rings (SSSR count). The molecule has 3 heterocycles. The van der Waals surface area contributed by atoms with Crippen LogP contribution in [-0.4, -0.2) is 68.6 Å². The maximum Gasteiger partial charge on any atom is 0.260 e. The quantitative estimate of drug-likeness (QED) is 0.641. The Kier molecular flexibility index (Phi) is 5.34. The molecule has 0 unspecified atom stereocenters. The van der Waals surface area contributed by atoms with Crippen LogP contribution in [0.2, 0.25) is 5.02 Å². The van der Waals surface area contributed by atoms with Crippen molar-refractivity contribution in [3.63, 3.8) is 0 Å². The van der Waals surface area contributed by atoms with Crippen molar-refractivity contribution >= 4 is 23.3 Å². The molecule has 0 radical (unpaired) electrons. The first-order valence-corrected chi connectivity index (χ1v) is 9.17. The maximum atomic E-state index is 12.4. The number of piperazine rings is 1. The van der Waals surface area contributed by atoms with E-state index in [2.05, 4.69) is 25.2 Å². The SMILES string of the molecule is O=C(COc1cccc(Cl)c1)N1CCN(c2ccc(-n3cncn3)nn2)CC1. The van der Waals surface area contributed by atoms with E-state index < -0.39 is 0 Å². The Bertz CT molecular complexity index is 925. The second kappa shape index (κ2) is 8.22. The molecule has 0 bridgehead atoms. The van der Waals surface area contributed by atoms with Crippen LogP contribution in [-0.2, 0) is 4.79 Å². The first-order valence-electron chi connectivity index (χ1n) is 8.79. The number of rotatable bonds is 5. The number of benzene rings is 1. The number of carbonyl (C=O) groups excluding carboxylic acids is 1. The number of nitrogens with zero attached hydrogens (tertiary/aromatic N) is 7. The van der Waals surface area contributed by atoms with Crippen LogP contribution < -0.4 is 9.64 Å². The topological polar surface area (TPSA) is 89.3 Å². The normalized spacial score (nSPS) is 14.2. The minimum absolute atomic E-state index is 0.00719. The Labute approximate surface area is 166 Å². The monoisotopic (exact) mass is 399 g/mol. The van der Waals surface area contributed by atoms with Crippen LogP contribution in [0.3, 0.4) is 0 Å². The van der Waals surface area contributed by atoms with Crippen LogP contribution in [0, 0.1) is 0 Å². The Morgan fingerprint density at radius 1 is 1.07 bits per heavy atom. The minimum atomic E-state index is -0.0489. The second-order valence-electron chi connectivity index (χ2n) is 6.20. The summed E-state index contributed by atoms with van der Waals surface area (Å²) in [6, 6.07) is 10.7. The highest BCUT2D eigenvalue weighted by Gasteiger charge is 2.22. The summed E-state index contributed by atoms with van der Waals surface area (Å²) in [4.78, 5) is 20.2. The van der Waals surface area contributed by atoms with E-state index in [4.69, 9.17) is 16.3 Å². The van der Waals surface area contributed by atoms with Gasteiger partial charge in [-0.25, -0.2) is 9.67 Å². The summed E-state index contributed by atoms with van der Waals surface area (Å²) >= 11 is 5.92. The summed E-state index contributed by atoms with van der Waals surface area (Å²) in [5, 5.41) is 13.0. The molecular weight excluding hydrogens is 382 g/mol. The third kappa shape index (κ3) is 4.20. The fourth-order valence-corrected chi connectivity index (χ4v) is 3.09. The zero-order valence-electron chi connectivity index (χ0n) is 15.0. The lowest BCUT2D eigenvalue weighted by Gasteiger charge is -2.35. The van der Waals surface area contributed by atoms with Crippen molar-refractivity contribution in [2.24, 2.45) is 0 Å². The third-order valence-electron chi connectivity index (χ3n) is 4.40. The molecule has 9 nitrogen and oxygen atoms in total. The fraction of sp³-hybridized carbons (Fsp3) is 0.278. The summed E-state index contributed by atoms with van der Waals surface area (Å²) < 4.78 is 7.09. The van der Waals surface area contributed by atoms with Gasteiger partial charge < -0.3 is 14.5 Å². The molecule has 0 atom stereocenters. The van der Waals surface area contributed by atoms with Gasteiger partial charge in [0.25, 0.3) is 5.91 Å². The molecule has 0 aliphatic carbocycles. The van der Waals surface area contributed by atoms with Gasteiger partial charge in [0.2, 0.25) is 0 Å². The molecular formula is C18H18ClN7O2. The summed E-state index contributed by atoms with van der Waals surface area (Å²) in [7, 11) is 0. The molecule has 0 N–H and O–H groups in total. The summed E-state index contributed by atoms with van der Waals surface area (Å²) in [6.45, 7) is 2.56. The molecule has 28 heavy (non-hydrogen) atoms. The van der Waals surface area contributed by atoms with E-state index in [9.17, 15) is 4.79 Å². The Hall–Kier alpha value is -3.20. The van der Waals surface area contributed by atoms with Gasteiger partial charge in [-0.15, -0.1) is 10.2 Å². The smallest absolute Gasteiger partial charge is 0.260 e. The maximum absolute atomic E-state index is 12.4. The minimum Gasteiger partial charge on any atom is -0.484 e. The average Bonchev–Trinajstić information content (AvgIpc) is 3.27. The zero-order chi connectivity index (χ0) is 19.3. The summed E-state index contributed by atoms with van der Waals surface area (Å²) in [5.74, 6) is 1.91. The van der Waals surface area contributed by atoms with Gasteiger partial charge in [-0.1, -0.05) is 17.7 Å². The van der Waals surface area contributed by atoms with Crippen molar-refractivity contribution in [1.82, 2.24) is 29.9 Å². The molecule has 1 amide bonds. The Morgan fingerprint density at radius 3 is 2.54 bits per heavy atom. The highest BCUT2D eigenvalue weighted by atomic mass is 35.5. The first-order chi connectivity index (χ1) is 13.7. The third-order valence-corrected chi connectivity index (χ3v) is 4.64. The average molecular weight is 400 g/mol. The van der Waals surface area contributed by atoms with Crippen molar-refractivity contribution in [3.8, 4) is 11.6 Å². The molecule has 1 aromatic carbocycles. The number of aromatic nitrogens is 5. The molecule has 1 aliphatic rings. The second-order valence-corrected chi connectivity index (χ2v) is 6.64. The van der Waals surface area contributed by atoms with Gasteiger partial charge in [-0.05, 0) is 30.3 Å². The van der Waals surface area contributed by atoms with Gasteiger partial charge in [0.15, 0.2) is 18.2 Å². The Balaban J connectivity index is 1.28. The van der Waals surface area contributed by atoms with E-state index in [1.54, 1.807) is 40.2 Å². The molecule has 3 aromatic rings. The van der Waals surface area contributed by atoms with Crippen LogP contribution in [0.15, 0.2) is 49.1 Å². The van der Waals surface area contributed by atoms with E-state index in [0.29, 0.717) is 42.8 Å². The predicted octanol–water partition coefficient (Wildman–Crippen LogP) is 1.44. The van der Waals surface area contributed by atoms with Crippen LogP contribution in [0.4, 0.5) is 5.82 Å². The van der Waals surface area contributed by atoms with Gasteiger partial charge in [-0.3, -0.25) is 4.79 Å². The van der Waals surface area contributed by atoms with E-state index in [-0.39, 0.29) is 12.5 Å². The number of hydrogen-bond acceptors (Lipinski definition) is 7. The van der Waals surface area contributed by atoms with E-state index >= 15 is 0 Å². The van der Waals surface area contributed by atoms with Crippen LogP contribution in [0.25, 0.3) is 5.82 Å². The molecule has 2 aromatic heterocycles. The van der Waals surface area contributed by atoms with Gasteiger partial charge in [-0.2, -0.15) is 5.10 Å². The van der Waals surface area contributed by atoms with Crippen molar-refractivity contribution in [1.29, 1.82) is 0 Å². The largest absolute Gasteiger partial charge is 0.484 e. The molecule has 1 fully saturated rings. The van der Waals surface area contributed by atoms with Gasteiger partial charge in [0.05, 0.1) is 0 Å². The highest BCUT2D eigenvalue weighted by Crippen LogP contribution is 2.18. The number of hydrogen-bond donors (Lipinski definition) is 0. The highest BCUT2D eigenvalue weighted by molar-refractivity contribution is 6.30. The predicted molar refractivity (Wildman–Crippen MR) is 103 cm³/mol. The van der Waals surface area contributed by atoms with Crippen molar-refractivity contribution < 1.29 is 9.53 Å². The molecule has 1 saturated heterocycles. The lowest BCUT2D eigenvalue weighted by molar-refractivity contribution is -0.133. The standard InChI is InChI=1S/C18H18ClN7O2/c19-14-2-1-3-15(10-14)28-11-18(27)25-8-6-24(7-9-25)16-4-5-17(23-22-16)26-13-20-12-21-26/h1-5,10,12-13H,6-9,11H2. The van der Waals surface area contributed by atoms with Crippen LogP contribution >= 0.6 is 11.6 Å². The van der Waals surface area contributed by atoms with Crippen molar-refractivity contribution in [2.75, 3.05) is 37.7 Å².